The van der Waals surface area contributed by atoms with E-state index < -0.39 is 5.25 Å². The van der Waals surface area contributed by atoms with Gasteiger partial charge in [-0.2, -0.15) is 0 Å². The lowest BCUT2D eigenvalue weighted by Crippen LogP contribution is -2.36. The van der Waals surface area contributed by atoms with Crippen LogP contribution in [-0.2, 0) is 9.59 Å². The van der Waals surface area contributed by atoms with Gasteiger partial charge in [0.25, 0.3) is 5.91 Å². The van der Waals surface area contributed by atoms with Gasteiger partial charge in [-0.05, 0) is 55.7 Å². The van der Waals surface area contributed by atoms with Gasteiger partial charge in [-0.15, -0.1) is 0 Å². The molecule has 33 heavy (non-hydrogen) atoms. The number of hydrogen-bond acceptors (Lipinski definition) is 6. The molecule has 2 aromatic rings. The van der Waals surface area contributed by atoms with Gasteiger partial charge < -0.3 is 14.8 Å². The second-order valence-electron chi connectivity index (χ2n) is 7.70. The van der Waals surface area contributed by atoms with E-state index in [1.165, 1.54) is 23.8 Å². The third-order valence-electron chi connectivity index (χ3n) is 5.22. The lowest BCUT2D eigenvalue weighted by molar-refractivity contribution is -0.120. The second kappa shape index (κ2) is 9.89. The molecule has 1 fully saturated rings. The number of carbonyl (C=O) groups is 2. The summed E-state index contributed by atoms with van der Waals surface area (Å²) < 4.78 is 10.5. The molecule has 172 valence electrons. The van der Waals surface area contributed by atoms with Crippen LogP contribution >= 0.6 is 23.4 Å². The first-order valence-corrected chi connectivity index (χ1v) is 11.7. The van der Waals surface area contributed by atoms with Crippen LogP contribution in [0.4, 0.5) is 5.69 Å². The highest BCUT2D eigenvalue weighted by molar-refractivity contribution is 8.15. The molecule has 2 aromatic carbocycles. The summed E-state index contributed by atoms with van der Waals surface area (Å²) >= 11 is 7.42. The van der Waals surface area contributed by atoms with Crippen LogP contribution in [0.1, 0.15) is 25.3 Å². The number of ether oxygens (including phenoxy) is 2. The number of aliphatic imine (C=N–C) groups is 1. The van der Waals surface area contributed by atoms with Crippen LogP contribution in [0.3, 0.4) is 0 Å². The van der Waals surface area contributed by atoms with E-state index in [9.17, 15) is 9.59 Å². The van der Waals surface area contributed by atoms with Gasteiger partial charge in [-0.25, -0.2) is 4.99 Å². The Balaban J connectivity index is 1.66. The van der Waals surface area contributed by atoms with Gasteiger partial charge >= 0.3 is 0 Å². The van der Waals surface area contributed by atoms with Crippen molar-refractivity contribution in [2.45, 2.75) is 31.1 Å². The summed E-state index contributed by atoms with van der Waals surface area (Å²) in [6.45, 7) is 1.81. The summed E-state index contributed by atoms with van der Waals surface area (Å²) in [5.41, 5.74) is 1.63. The zero-order valence-electron chi connectivity index (χ0n) is 18.5. The maximum absolute atomic E-state index is 13.4. The maximum Gasteiger partial charge on any atom is 0.283 e. The molecule has 1 heterocycles. The van der Waals surface area contributed by atoms with E-state index in [4.69, 9.17) is 21.1 Å². The minimum atomic E-state index is -0.422. The number of amides is 2. The Kier molecular flexibility index (Phi) is 6.95. The quantitative estimate of drug-likeness (QED) is 0.584. The van der Waals surface area contributed by atoms with Crippen LogP contribution < -0.4 is 19.7 Å². The smallest absolute Gasteiger partial charge is 0.283 e. The highest BCUT2D eigenvalue weighted by atomic mass is 35.5. The van der Waals surface area contributed by atoms with Crippen LogP contribution in [-0.4, -0.2) is 42.5 Å². The maximum atomic E-state index is 13.4. The number of carbonyl (C=O) groups excluding carboxylic acids is 2. The van der Waals surface area contributed by atoms with E-state index in [-0.39, 0.29) is 23.6 Å². The highest BCUT2D eigenvalue weighted by Gasteiger charge is 2.35. The summed E-state index contributed by atoms with van der Waals surface area (Å²) in [6, 6.07) is 12.7. The largest absolute Gasteiger partial charge is 0.497 e. The molecule has 0 saturated heterocycles. The number of methoxy groups -OCH3 is 2. The number of halogens is 1. The minimum Gasteiger partial charge on any atom is -0.497 e. The van der Waals surface area contributed by atoms with E-state index in [0.29, 0.717) is 21.6 Å². The van der Waals surface area contributed by atoms with Gasteiger partial charge in [0.05, 0.1) is 30.2 Å². The number of amidine groups is 1. The summed E-state index contributed by atoms with van der Waals surface area (Å²) in [7, 11) is 3.11. The molecule has 1 aliphatic heterocycles. The molecule has 9 heteroatoms. The van der Waals surface area contributed by atoms with Gasteiger partial charge in [0.15, 0.2) is 5.17 Å². The van der Waals surface area contributed by atoms with Crippen LogP contribution in [0, 0.1) is 0 Å². The molecule has 1 saturated carbocycles. The fourth-order valence-electron chi connectivity index (χ4n) is 3.21. The number of anilines is 1. The van der Waals surface area contributed by atoms with Crippen molar-refractivity contribution in [1.82, 2.24) is 5.32 Å². The molecule has 1 unspecified atom stereocenters. The number of thioether (sulfide) groups is 1. The Morgan fingerprint density at radius 3 is 2.58 bits per heavy atom. The molecular weight excluding hydrogens is 462 g/mol. The van der Waals surface area contributed by atoms with Crippen molar-refractivity contribution in [2.24, 2.45) is 4.99 Å². The summed E-state index contributed by atoms with van der Waals surface area (Å²) in [4.78, 5) is 32.0. The molecule has 7 nitrogen and oxygen atoms in total. The van der Waals surface area contributed by atoms with Crippen molar-refractivity contribution in [3.63, 3.8) is 0 Å². The van der Waals surface area contributed by atoms with Crippen molar-refractivity contribution in [3.8, 4) is 11.5 Å². The second-order valence-corrected chi connectivity index (χ2v) is 9.41. The van der Waals surface area contributed by atoms with Crippen molar-refractivity contribution in [3.05, 3.63) is 58.7 Å². The molecule has 0 bridgehead atoms. The van der Waals surface area contributed by atoms with Gasteiger partial charge in [-0.1, -0.05) is 35.5 Å². The summed E-state index contributed by atoms with van der Waals surface area (Å²) in [5.74, 6) is 0.796. The zero-order chi connectivity index (χ0) is 23.5. The number of nitrogens with one attached hydrogen (secondary N) is 1. The molecule has 0 aromatic heterocycles. The fraction of sp³-hybridized carbons (Fsp3) is 0.292. The van der Waals surface area contributed by atoms with E-state index in [2.05, 4.69) is 10.3 Å². The van der Waals surface area contributed by atoms with Crippen molar-refractivity contribution < 1.29 is 19.1 Å². The number of rotatable bonds is 7. The van der Waals surface area contributed by atoms with Crippen LogP contribution in [0.15, 0.2) is 53.2 Å². The van der Waals surface area contributed by atoms with E-state index in [1.54, 1.807) is 38.3 Å². The number of hydrogen-bond donors (Lipinski definition) is 1. The van der Waals surface area contributed by atoms with Gasteiger partial charge in [0, 0.05) is 12.1 Å². The Morgan fingerprint density at radius 2 is 1.94 bits per heavy atom. The SMILES string of the molecule is COc1ccc(/C=C2\N=C(SC(C)C(=O)NC3CC3)N(c3ccc(Cl)c(OC)c3)C2=O)cc1. The molecule has 1 aliphatic carbocycles. The third-order valence-corrected chi connectivity index (χ3v) is 6.58. The van der Waals surface area contributed by atoms with Gasteiger partial charge in [0.1, 0.15) is 17.2 Å². The first kappa shape index (κ1) is 23.2. The predicted octanol–water partition coefficient (Wildman–Crippen LogP) is 4.50. The first-order chi connectivity index (χ1) is 15.9. The number of nitrogens with zero attached hydrogens (tertiary/aromatic N) is 2. The van der Waals surface area contributed by atoms with Crippen LogP contribution in [0.5, 0.6) is 11.5 Å². The first-order valence-electron chi connectivity index (χ1n) is 10.5. The Labute approximate surface area is 201 Å². The molecule has 2 aliphatic rings. The Bertz CT molecular complexity index is 1130. The van der Waals surface area contributed by atoms with Crippen LogP contribution in [0.2, 0.25) is 5.02 Å². The van der Waals surface area contributed by atoms with Gasteiger partial charge in [-0.3, -0.25) is 14.5 Å². The average molecular weight is 486 g/mol. The summed E-state index contributed by atoms with van der Waals surface area (Å²) in [6.07, 6.45) is 3.73. The molecule has 4 rings (SSSR count). The Morgan fingerprint density at radius 1 is 1.21 bits per heavy atom. The monoisotopic (exact) mass is 485 g/mol. The molecule has 1 N–H and O–H groups in total. The predicted molar refractivity (Wildman–Crippen MR) is 132 cm³/mol. The average Bonchev–Trinajstić information content (AvgIpc) is 3.58. The lowest BCUT2D eigenvalue weighted by atomic mass is 10.2. The normalized spacial score (nSPS) is 17.7. The van der Waals surface area contributed by atoms with E-state index >= 15 is 0 Å². The topological polar surface area (TPSA) is 80.2 Å². The molecule has 0 spiro atoms. The fourth-order valence-corrected chi connectivity index (χ4v) is 4.34. The highest BCUT2D eigenvalue weighted by Crippen LogP contribution is 2.35. The molecule has 1 atom stereocenters. The standard InChI is InChI=1S/C24H24ClN3O4S/c1-14(22(29)26-16-6-7-16)33-24-27-20(12-15-4-9-18(31-2)10-5-15)23(30)28(24)17-8-11-19(25)21(13-17)32-3/h4-5,8-14,16H,6-7H2,1-3H3,(H,26,29)/b20-12-. The van der Waals surface area contributed by atoms with Crippen molar-refractivity contribution in [1.29, 1.82) is 0 Å². The van der Waals surface area contributed by atoms with Crippen molar-refractivity contribution >= 4 is 52.1 Å². The third kappa shape index (κ3) is 5.34. The molecule has 2 amide bonds. The van der Waals surface area contributed by atoms with Crippen molar-refractivity contribution in [2.75, 3.05) is 19.1 Å². The van der Waals surface area contributed by atoms with Crippen LogP contribution in [0.25, 0.3) is 6.08 Å². The van der Waals surface area contributed by atoms with E-state index in [0.717, 1.165) is 24.2 Å². The summed E-state index contributed by atoms with van der Waals surface area (Å²) in [5, 5.41) is 3.43. The minimum absolute atomic E-state index is 0.0705. The number of benzene rings is 2. The van der Waals surface area contributed by atoms with E-state index in [1.807, 2.05) is 24.3 Å². The molecular formula is C24H24ClN3O4S. The van der Waals surface area contributed by atoms with Gasteiger partial charge in [0.2, 0.25) is 5.91 Å². The lowest BCUT2D eigenvalue weighted by Gasteiger charge is -2.20. The molecule has 0 radical (unpaired) electrons. The zero-order valence-corrected chi connectivity index (χ0v) is 20.1. The Hall–Kier alpha value is -2.97.